The first kappa shape index (κ1) is 12.4. The summed E-state index contributed by atoms with van der Waals surface area (Å²) in [4.78, 5) is 8.67. The van der Waals surface area contributed by atoms with Crippen molar-refractivity contribution in [2.24, 2.45) is 4.99 Å². The van der Waals surface area contributed by atoms with Crippen LogP contribution in [0.25, 0.3) is 10.9 Å². The van der Waals surface area contributed by atoms with Crippen LogP contribution in [0.2, 0.25) is 0 Å². The molecular formula is C14H18N4. The average Bonchev–Trinajstić information content (AvgIpc) is 2.38. The lowest BCUT2D eigenvalue weighted by molar-refractivity contribution is 0.810. The smallest absolute Gasteiger partial charge is 0.148 e. The van der Waals surface area contributed by atoms with Gasteiger partial charge in [0.25, 0.3) is 0 Å². The van der Waals surface area contributed by atoms with Crippen molar-refractivity contribution in [3.8, 4) is 0 Å². The maximum absolute atomic E-state index is 5.98. The number of benzene rings is 1. The van der Waals surface area contributed by atoms with Gasteiger partial charge in [0.2, 0.25) is 0 Å². The molecule has 2 aromatic rings. The highest BCUT2D eigenvalue weighted by molar-refractivity contribution is 6.05. The number of anilines is 2. The summed E-state index contributed by atoms with van der Waals surface area (Å²) in [6, 6.07) is 7.81. The Balaban J connectivity index is 2.46. The molecule has 0 fully saturated rings. The van der Waals surface area contributed by atoms with Gasteiger partial charge in [-0.2, -0.15) is 0 Å². The topological polar surface area (TPSA) is 77.3 Å². The Labute approximate surface area is 107 Å². The van der Waals surface area contributed by atoms with E-state index >= 15 is 0 Å². The number of hydrogen-bond acceptors (Lipinski definition) is 4. The second-order valence-electron chi connectivity index (χ2n) is 4.23. The van der Waals surface area contributed by atoms with Crippen molar-refractivity contribution >= 4 is 28.6 Å². The SMILES string of the molecule is CCCCN=Cc1c(N)c(N)nc2ccccc12. The molecule has 4 nitrogen and oxygen atoms in total. The van der Waals surface area contributed by atoms with Crippen LogP contribution >= 0.6 is 0 Å². The molecule has 1 aromatic carbocycles. The maximum atomic E-state index is 5.98. The minimum absolute atomic E-state index is 0.366. The zero-order chi connectivity index (χ0) is 13.0. The fourth-order valence-electron chi connectivity index (χ4n) is 1.82. The van der Waals surface area contributed by atoms with Crippen molar-refractivity contribution in [3.63, 3.8) is 0 Å². The number of aromatic nitrogens is 1. The van der Waals surface area contributed by atoms with Gasteiger partial charge in [-0.3, -0.25) is 4.99 Å². The molecule has 1 heterocycles. The highest BCUT2D eigenvalue weighted by atomic mass is 14.9. The van der Waals surface area contributed by atoms with E-state index in [2.05, 4.69) is 16.9 Å². The van der Waals surface area contributed by atoms with E-state index < -0.39 is 0 Å². The molecular weight excluding hydrogens is 224 g/mol. The molecule has 0 spiro atoms. The van der Waals surface area contributed by atoms with E-state index in [1.165, 1.54) is 0 Å². The Hall–Kier alpha value is -2.10. The number of pyridine rings is 1. The van der Waals surface area contributed by atoms with E-state index in [1.54, 1.807) is 0 Å². The van der Waals surface area contributed by atoms with Crippen molar-refractivity contribution in [3.05, 3.63) is 29.8 Å². The van der Waals surface area contributed by atoms with Crippen LogP contribution in [0.5, 0.6) is 0 Å². The Morgan fingerprint density at radius 3 is 2.83 bits per heavy atom. The molecule has 4 heteroatoms. The number of nitrogen functional groups attached to an aromatic ring is 2. The summed E-state index contributed by atoms with van der Waals surface area (Å²) in [7, 11) is 0. The molecule has 0 amide bonds. The monoisotopic (exact) mass is 242 g/mol. The van der Waals surface area contributed by atoms with Crippen molar-refractivity contribution in [2.45, 2.75) is 19.8 Å². The molecule has 0 unspecified atom stereocenters. The third-order valence-corrected chi connectivity index (χ3v) is 2.86. The predicted octanol–water partition coefficient (Wildman–Crippen LogP) is 2.62. The molecule has 18 heavy (non-hydrogen) atoms. The fourth-order valence-corrected chi connectivity index (χ4v) is 1.82. The first-order valence-corrected chi connectivity index (χ1v) is 6.17. The lowest BCUT2D eigenvalue weighted by Gasteiger charge is -2.07. The van der Waals surface area contributed by atoms with E-state index in [1.807, 2.05) is 30.5 Å². The first-order valence-electron chi connectivity index (χ1n) is 6.17. The average molecular weight is 242 g/mol. The van der Waals surface area contributed by atoms with Gasteiger partial charge in [-0.15, -0.1) is 0 Å². The standard InChI is InChI=1S/C14H18N4/c1-2-3-8-17-9-11-10-6-4-5-7-12(10)18-14(16)13(11)15/h4-7,9H,2-3,8,15H2,1H3,(H2,16,18). The summed E-state index contributed by atoms with van der Waals surface area (Å²) < 4.78 is 0. The van der Waals surface area contributed by atoms with E-state index in [9.17, 15) is 0 Å². The number of aliphatic imine (C=N–C) groups is 1. The lowest BCUT2D eigenvalue weighted by Crippen LogP contribution is -2.03. The van der Waals surface area contributed by atoms with Crippen molar-refractivity contribution < 1.29 is 0 Å². The number of fused-ring (bicyclic) bond motifs is 1. The summed E-state index contributed by atoms with van der Waals surface area (Å²) in [6.07, 6.45) is 4.02. The van der Waals surface area contributed by atoms with Crippen molar-refractivity contribution in [1.82, 2.24) is 4.98 Å². The molecule has 2 rings (SSSR count). The number of hydrogen-bond donors (Lipinski definition) is 2. The van der Waals surface area contributed by atoms with Crippen LogP contribution in [0.4, 0.5) is 11.5 Å². The van der Waals surface area contributed by atoms with Crippen LogP contribution in [-0.2, 0) is 0 Å². The van der Waals surface area contributed by atoms with Gasteiger partial charge in [0.05, 0.1) is 11.2 Å². The summed E-state index contributed by atoms with van der Waals surface area (Å²) in [5.41, 5.74) is 14.0. The van der Waals surface area contributed by atoms with Crippen molar-refractivity contribution in [2.75, 3.05) is 18.0 Å². The molecule has 0 radical (unpaired) electrons. The van der Waals surface area contributed by atoms with E-state index in [-0.39, 0.29) is 0 Å². The van der Waals surface area contributed by atoms with Gasteiger partial charge in [0.1, 0.15) is 5.82 Å². The third kappa shape index (κ3) is 2.42. The van der Waals surface area contributed by atoms with Crippen LogP contribution in [0.1, 0.15) is 25.3 Å². The number of rotatable bonds is 4. The molecule has 0 bridgehead atoms. The largest absolute Gasteiger partial charge is 0.395 e. The zero-order valence-electron chi connectivity index (χ0n) is 10.6. The molecule has 0 aliphatic carbocycles. The molecule has 0 aliphatic rings. The molecule has 0 saturated carbocycles. The van der Waals surface area contributed by atoms with Crippen LogP contribution < -0.4 is 11.5 Å². The lowest BCUT2D eigenvalue weighted by atomic mass is 10.1. The number of nitrogens with two attached hydrogens (primary N) is 2. The highest BCUT2D eigenvalue weighted by Gasteiger charge is 2.08. The zero-order valence-corrected chi connectivity index (χ0v) is 10.6. The summed E-state index contributed by atoms with van der Waals surface area (Å²) in [5, 5.41) is 0.990. The Morgan fingerprint density at radius 1 is 1.28 bits per heavy atom. The molecule has 0 atom stereocenters. The normalized spacial score (nSPS) is 11.4. The molecule has 0 saturated heterocycles. The quantitative estimate of drug-likeness (QED) is 0.639. The second-order valence-corrected chi connectivity index (χ2v) is 4.23. The molecule has 1 aromatic heterocycles. The van der Waals surface area contributed by atoms with Gasteiger partial charge in [-0.05, 0) is 12.5 Å². The molecule has 0 aliphatic heterocycles. The minimum atomic E-state index is 0.366. The van der Waals surface area contributed by atoms with E-state index in [4.69, 9.17) is 11.5 Å². The van der Waals surface area contributed by atoms with Gasteiger partial charge in [-0.1, -0.05) is 31.5 Å². The summed E-state index contributed by atoms with van der Waals surface area (Å²) in [5.74, 6) is 0.366. The van der Waals surface area contributed by atoms with Gasteiger partial charge in [0.15, 0.2) is 0 Å². The van der Waals surface area contributed by atoms with E-state index in [0.717, 1.165) is 35.9 Å². The third-order valence-electron chi connectivity index (χ3n) is 2.86. The van der Waals surface area contributed by atoms with Gasteiger partial charge in [-0.25, -0.2) is 4.98 Å². The number of nitrogens with zero attached hydrogens (tertiary/aromatic N) is 2. The Kier molecular flexibility index (Phi) is 3.77. The summed E-state index contributed by atoms with van der Waals surface area (Å²) >= 11 is 0. The first-order chi connectivity index (χ1) is 8.74. The molecule has 4 N–H and O–H groups in total. The Morgan fingerprint density at radius 2 is 2.06 bits per heavy atom. The maximum Gasteiger partial charge on any atom is 0.148 e. The molecule has 94 valence electrons. The minimum Gasteiger partial charge on any atom is -0.395 e. The number of unbranched alkanes of at least 4 members (excludes halogenated alkanes) is 1. The van der Waals surface area contributed by atoms with Crippen molar-refractivity contribution in [1.29, 1.82) is 0 Å². The van der Waals surface area contributed by atoms with E-state index in [0.29, 0.717) is 11.5 Å². The Bertz CT molecular complexity index is 575. The predicted molar refractivity (Wildman–Crippen MR) is 77.9 cm³/mol. The second kappa shape index (κ2) is 5.49. The van der Waals surface area contributed by atoms with Crippen LogP contribution in [0.3, 0.4) is 0 Å². The number of para-hydroxylation sites is 1. The highest BCUT2D eigenvalue weighted by Crippen LogP contribution is 2.25. The van der Waals surface area contributed by atoms with Gasteiger partial charge < -0.3 is 11.5 Å². The summed E-state index contributed by atoms with van der Waals surface area (Å²) in [6.45, 7) is 2.95. The van der Waals surface area contributed by atoms with Gasteiger partial charge >= 0.3 is 0 Å². The van der Waals surface area contributed by atoms with Crippen LogP contribution in [0, 0.1) is 0 Å². The van der Waals surface area contributed by atoms with Crippen LogP contribution in [-0.4, -0.2) is 17.7 Å². The fraction of sp³-hybridized carbons (Fsp3) is 0.286. The van der Waals surface area contributed by atoms with Gasteiger partial charge in [0, 0.05) is 23.7 Å². The van der Waals surface area contributed by atoms with Crippen LogP contribution in [0.15, 0.2) is 29.3 Å².